The number of thiophene rings is 2. The Morgan fingerprint density at radius 1 is 0.171 bits per heavy atom. The molecule has 0 atom stereocenters. The monoisotopic (exact) mass is 996 g/mol. The Kier molecular flexibility index (Phi) is 9.78. The van der Waals surface area contributed by atoms with Crippen molar-refractivity contribution < 1.29 is 0 Å². The van der Waals surface area contributed by atoms with Crippen LogP contribution in [0.4, 0.5) is 0 Å². The molecule has 0 saturated carbocycles. The fourth-order valence-electron chi connectivity index (χ4n) is 12.7. The number of benzene rings is 14. The van der Waals surface area contributed by atoms with Gasteiger partial charge >= 0.3 is 0 Å². The maximum atomic E-state index is 2.42. The normalized spacial score (nSPS) is 11.9. The first-order valence-corrected chi connectivity index (χ1v) is 27.8. The van der Waals surface area contributed by atoms with Crippen LogP contribution in [-0.2, 0) is 0 Å². The molecule has 2 heteroatoms. The Labute approximate surface area is 447 Å². The van der Waals surface area contributed by atoms with Crippen molar-refractivity contribution in [2.75, 3.05) is 0 Å². The van der Waals surface area contributed by atoms with Crippen LogP contribution in [0.25, 0.3) is 161 Å². The number of hydrogen-bond acceptors (Lipinski definition) is 2. The Bertz CT molecular complexity index is 4570. The number of rotatable bonds is 6. The molecule has 0 N–H and O–H groups in total. The lowest BCUT2D eigenvalue weighted by atomic mass is 9.86. The van der Waals surface area contributed by atoms with Crippen molar-refractivity contribution in [2.24, 2.45) is 0 Å². The largest absolute Gasteiger partial charge is 0.134 e. The quantitative estimate of drug-likeness (QED) is 0.146. The van der Waals surface area contributed by atoms with E-state index in [2.05, 4.69) is 267 Å². The van der Waals surface area contributed by atoms with Gasteiger partial charge in [0.15, 0.2) is 0 Å². The number of fused-ring (bicyclic) bond motifs is 14. The molecule has 0 aliphatic rings. The molecular weight excluding hydrogens is 953 g/mol. The Morgan fingerprint density at radius 3 is 0.711 bits per heavy atom. The molecule has 352 valence electrons. The topological polar surface area (TPSA) is 0 Å². The van der Waals surface area contributed by atoms with Crippen molar-refractivity contribution in [1.29, 1.82) is 0 Å². The highest BCUT2D eigenvalue weighted by atomic mass is 32.1. The smallest absolute Gasteiger partial charge is 0.0540 e. The predicted octanol–water partition coefficient (Wildman–Crippen LogP) is 22.2. The fourth-order valence-corrected chi connectivity index (χ4v) is 15.4. The van der Waals surface area contributed by atoms with Gasteiger partial charge in [-0.25, -0.2) is 0 Å². The van der Waals surface area contributed by atoms with Gasteiger partial charge in [0, 0.05) is 30.9 Å². The highest BCUT2D eigenvalue weighted by Crippen LogP contribution is 2.51. The van der Waals surface area contributed by atoms with Crippen LogP contribution in [0.1, 0.15) is 0 Å². The minimum atomic E-state index is 1.22. The molecule has 16 aromatic rings. The van der Waals surface area contributed by atoms with Gasteiger partial charge in [-0.3, -0.25) is 0 Å². The van der Waals surface area contributed by atoms with Crippen LogP contribution >= 0.6 is 22.7 Å². The van der Waals surface area contributed by atoms with Crippen molar-refractivity contribution >= 4 is 117 Å². The van der Waals surface area contributed by atoms with Crippen molar-refractivity contribution in [3.63, 3.8) is 0 Å². The van der Waals surface area contributed by atoms with E-state index < -0.39 is 0 Å². The molecule has 76 heavy (non-hydrogen) atoms. The molecule has 0 aliphatic carbocycles. The number of hydrogen-bond donors (Lipinski definition) is 0. The van der Waals surface area contributed by atoms with Gasteiger partial charge in [0.1, 0.15) is 0 Å². The van der Waals surface area contributed by atoms with E-state index in [1.54, 1.807) is 0 Å². The summed E-state index contributed by atoms with van der Waals surface area (Å²) in [7, 11) is 0. The molecule has 0 nitrogen and oxygen atoms in total. The SMILES string of the molecule is c1ccc(-c2c3ccccc3c(-c3ccc(-c4ccc5c(c4)sc4c6sc7cc(-c8ccc(-c9c%10ccccc%10c(-c%10ccccc%10)c%10ccccc9%10)cc8)ccc7c6c6ccccc6c54)cc3)c3ccccc23)cc1. The summed E-state index contributed by atoms with van der Waals surface area (Å²) < 4.78 is 5.38. The van der Waals surface area contributed by atoms with Crippen molar-refractivity contribution in [2.45, 2.75) is 0 Å². The van der Waals surface area contributed by atoms with Gasteiger partial charge < -0.3 is 0 Å². The lowest BCUT2D eigenvalue weighted by Gasteiger charge is -2.18. The zero-order valence-electron chi connectivity index (χ0n) is 41.2. The van der Waals surface area contributed by atoms with Crippen LogP contribution in [-0.4, -0.2) is 0 Å². The van der Waals surface area contributed by atoms with Gasteiger partial charge in [-0.1, -0.05) is 255 Å². The van der Waals surface area contributed by atoms with E-state index in [4.69, 9.17) is 0 Å². The van der Waals surface area contributed by atoms with E-state index in [1.807, 2.05) is 22.7 Å². The molecule has 0 bridgehead atoms. The van der Waals surface area contributed by atoms with Crippen LogP contribution < -0.4 is 0 Å². The summed E-state index contributed by atoms with van der Waals surface area (Å²) in [6, 6.07) is 99.2. The molecule has 0 amide bonds. The first kappa shape index (κ1) is 43.2. The average molecular weight is 997 g/mol. The molecule has 2 aromatic heterocycles. The van der Waals surface area contributed by atoms with Crippen LogP contribution in [0.2, 0.25) is 0 Å². The second-order valence-corrected chi connectivity index (χ2v) is 22.3. The molecule has 0 aliphatic heterocycles. The van der Waals surface area contributed by atoms with Gasteiger partial charge in [0.05, 0.1) is 9.40 Å². The Hall–Kier alpha value is -9.18. The minimum absolute atomic E-state index is 1.22. The van der Waals surface area contributed by atoms with E-state index in [0.717, 1.165) is 0 Å². The van der Waals surface area contributed by atoms with Gasteiger partial charge in [-0.15, -0.1) is 22.7 Å². The first-order chi connectivity index (χ1) is 37.7. The third-order valence-corrected chi connectivity index (χ3v) is 18.5. The summed E-state index contributed by atoms with van der Waals surface area (Å²) in [5, 5.41) is 18.2. The highest BCUT2D eigenvalue weighted by Gasteiger charge is 2.21. The lowest BCUT2D eigenvalue weighted by Crippen LogP contribution is -1.90. The van der Waals surface area contributed by atoms with Gasteiger partial charge in [0.25, 0.3) is 0 Å². The summed E-state index contributed by atoms with van der Waals surface area (Å²) in [6.45, 7) is 0. The maximum Gasteiger partial charge on any atom is 0.0540 e. The average Bonchev–Trinajstić information content (AvgIpc) is 4.10. The van der Waals surface area contributed by atoms with Crippen molar-refractivity contribution in [1.82, 2.24) is 0 Å². The summed E-state index contributed by atoms with van der Waals surface area (Å²) >= 11 is 3.89. The minimum Gasteiger partial charge on any atom is -0.134 e. The third kappa shape index (κ3) is 6.61. The van der Waals surface area contributed by atoms with Gasteiger partial charge in [0.2, 0.25) is 0 Å². The Balaban J connectivity index is 0.781. The lowest BCUT2D eigenvalue weighted by molar-refractivity contribution is 1.63. The van der Waals surface area contributed by atoms with Crippen molar-refractivity contribution in [3.05, 3.63) is 267 Å². The van der Waals surface area contributed by atoms with Crippen LogP contribution in [0.5, 0.6) is 0 Å². The zero-order valence-corrected chi connectivity index (χ0v) is 42.9. The van der Waals surface area contributed by atoms with Crippen LogP contribution in [0.15, 0.2) is 267 Å². The summed E-state index contributed by atoms with van der Waals surface area (Å²) in [5.41, 5.74) is 15.0. The fraction of sp³-hybridized carbons (Fsp3) is 0. The second kappa shape index (κ2) is 17.2. The van der Waals surface area contributed by atoms with E-state index >= 15 is 0 Å². The molecular formula is C74H44S2. The molecule has 14 aromatic carbocycles. The Morgan fingerprint density at radius 2 is 0.408 bits per heavy atom. The van der Waals surface area contributed by atoms with Crippen LogP contribution in [0, 0.1) is 0 Å². The third-order valence-electron chi connectivity index (χ3n) is 16.1. The molecule has 0 spiro atoms. The first-order valence-electron chi connectivity index (χ1n) is 26.1. The zero-order chi connectivity index (χ0) is 49.8. The summed E-state index contributed by atoms with van der Waals surface area (Å²) in [5.74, 6) is 0. The summed E-state index contributed by atoms with van der Waals surface area (Å²) in [4.78, 5) is 0. The second-order valence-electron chi connectivity index (χ2n) is 20.1. The van der Waals surface area contributed by atoms with E-state index in [0.29, 0.717) is 0 Å². The molecule has 0 saturated heterocycles. The molecule has 2 heterocycles. The summed E-state index contributed by atoms with van der Waals surface area (Å²) in [6.07, 6.45) is 0. The van der Waals surface area contributed by atoms with Crippen molar-refractivity contribution in [3.8, 4) is 66.8 Å². The predicted molar refractivity (Wildman–Crippen MR) is 332 cm³/mol. The van der Waals surface area contributed by atoms with Gasteiger partial charge in [-0.05, 0) is 133 Å². The highest BCUT2D eigenvalue weighted by molar-refractivity contribution is 7.33. The molecule has 0 fully saturated rings. The maximum absolute atomic E-state index is 2.42. The molecule has 0 unspecified atom stereocenters. The van der Waals surface area contributed by atoms with Crippen LogP contribution in [0.3, 0.4) is 0 Å². The standard InChI is InChI=1S/C74H44S2/c1-3-17-47(18-4-1)67-53-21-7-11-25-57(53)69(58-26-12-8-22-54(58)67)49-35-31-45(32-36-49)51-39-41-63-65(43-51)75-73-71(63)61-29-15-16-30-62(61)72-64-42-40-52(44-66(64)76-74(72)73)46-33-37-50(38-34-46)70-59-27-13-9-23-55(59)68(48-19-5-2-6-20-48)56-24-10-14-28-60(56)70/h1-44H. The molecule has 16 rings (SSSR count). The van der Waals surface area contributed by atoms with E-state index in [1.165, 1.54) is 161 Å². The molecule has 0 radical (unpaired) electrons. The van der Waals surface area contributed by atoms with E-state index in [9.17, 15) is 0 Å². The van der Waals surface area contributed by atoms with Gasteiger partial charge in [-0.2, -0.15) is 0 Å². The van der Waals surface area contributed by atoms with E-state index in [-0.39, 0.29) is 0 Å².